The minimum absolute atomic E-state index is 0.675. The standard InChI is InChI=1S/C21H22N2OS/c1-4-24-19-11-9-18(10-12-19)23-15(2)13-17(16(23)3)14-22-20-7-5-6-8-21(20)25/h5-14,25H,4H2,1-3H3. The molecule has 0 saturated heterocycles. The highest BCUT2D eigenvalue weighted by Gasteiger charge is 2.09. The molecule has 0 aliphatic rings. The van der Waals surface area contributed by atoms with Crippen LogP contribution in [-0.2, 0) is 0 Å². The zero-order valence-electron chi connectivity index (χ0n) is 14.7. The maximum Gasteiger partial charge on any atom is 0.119 e. The highest BCUT2D eigenvalue weighted by molar-refractivity contribution is 7.80. The van der Waals surface area contributed by atoms with E-state index < -0.39 is 0 Å². The summed E-state index contributed by atoms with van der Waals surface area (Å²) < 4.78 is 7.75. The van der Waals surface area contributed by atoms with Gasteiger partial charge in [0.2, 0.25) is 0 Å². The van der Waals surface area contributed by atoms with Gasteiger partial charge in [-0.1, -0.05) is 12.1 Å². The fourth-order valence-corrected chi connectivity index (χ4v) is 3.10. The number of aromatic nitrogens is 1. The lowest BCUT2D eigenvalue weighted by Crippen LogP contribution is -2.00. The lowest BCUT2D eigenvalue weighted by Gasteiger charge is -2.11. The monoisotopic (exact) mass is 350 g/mol. The smallest absolute Gasteiger partial charge is 0.119 e. The van der Waals surface area contributed by atoms with Gasteiger partial charge in [0.15, 0.2) is 0 Å². The van der Waals surface area contributed by atoms with Gasteiger partial charge < -0.3 is 9.30 Å². The van der Waals surface area contributed by atoms with E-state index in [0.717, 1.165) is 33.3 Å². The topological polar surface area (TPSA) is 26.5 Å². The number of hydrogen-bond donors (Lipinski definition) is 1. The van der Waals surface area contributed by atoms with Crippen LogP contribution in [-0.4, -0.2) is 17.4 Å². The van der Waals surface area contributed by atoms with Gasteiger partial charge in [0.05, 0.1) is 12.3 Å². The van der Waals surface area contributed by atoms with Gasteiger partial charge >= 0.3 is 0 Å². The summed E-state index contributed by atoms with van der Waals surface area (Å²) in [5, 5.41) is 0. The van der Waals surface area contributed by atoms with Crippen molar-refractivity contribution in [1.82, 2.24) is 4.57 Å². The summed E-state index contributed by atoms with van der Waals surface area (Å²) in [7, 11) is 0. The first-order valence-electron chi connectivity index (χ1n) is 8.34. The molecule has 0 atom stereocenters. The lowest BCUT2D eigenvalue weighted by molar-refractivity contribution is 0.340. The van der Waals surface area contributed by atoms with E-state index in [0.29, 0.717) is 6.61 Å². The maximum absolute atomic E-state index is 5.52. The quantitative estimate of drug-likeness (QED) is 0.475. The van der Waals surface area contributed by atoms with E-state index in [-0.39, 0.29) is 0 Å². The van der Waals surface area contributed by atoms with E-state index in [1.807, 2.05) is 49.5 Å². The Hall–Kier alpha value is -2.46. The van der Waals surface area contributed by atoms with Crippen molar-refractivity contribution in [2.45, 2.75) is 25.7 Å². The van der Waals surface area contributed by atoms with Gasteiger partial charge in [0.25, 0.3) is 0 Å². The third kappa shape index (κ3) is 3.80. The number of ether oxygens (including phenoxy) is 1. The van der Waals surface area contributed by atoms with Gasteiger partial charge in [0, 0.05) is 33.7 Å². The van der Waals surface area contributed by atoms with Crippen molar-refractivity contribution in [3.8, 4) is 11.4 Å². The van der Waals surface area contributed by atoms with Gasteiger partial charge in [-0.3, -0.25) is 4.99 Å². The van der Waals surface area contributed by atoms with Crippen LogP contribution in [0.15, 0.2) is 64.5 Å². The number of aryl methyl sites for hydroxylation is 1. The molecule has 128 valence electrons. The molecule has 0 unspecified atom stereocenters. The van der Waals surface area contributed by atoms with Crippen molar-refractivity contribution in [2.24, 2.45) is 4.99 Å². The molecule has 4 heteroatoms. The van der Waals surface area contributed by atoms with Crippen LogP contribution in [0.2, 0.25) is 0 Å². The van der Waals surface area contributed by atoms with Crippen LogP contribution in [0.3, 0.4) is 0 Å². The summed E-state index contributed by atoms with van der Waals surface area (Å²) in [5.74, 6) is 0.890. The Balaban J connectivity index is 1.92. The molecule has 25 heavy (non-hydrogen) atoms. The highest BCUT2D eigenvalue weighted by atomic mass is 32.1. The van der Waals surface area contributed by atoms with E-state index in [1.54, 1.807) is 0 Å². The molecule has 0 radical (unpaired) electrons. The first-order chi connectivity index (χ1) is 12.1. The summed E-state index contributed by atoms with van der Waals surface area (Å²) in [6.45, 7) is 6.88. The van der Waals surface area contributed by atoms with Crippen molar-refractivity contribution in [3.05, 3.63) is 71.5 Å². The molecule has 0 aliphatic carbocycles. The molecule has 0 amide bonds. The van der Waals surface area contributed by atoms with Gasteiger partial charge in [-0.15, -0.1) is 12.6 Å². The predicted octanol–water partition coefficient (Wildman–Crippen LogP) is 5.53. The Morgan fingerprint density at radius 2 is 1.80 bits per heavy atom. The Labute approximate surface area is 154 Å². The van der Waals surface area contributed by atoms with Crippen molar-refractivity contribution in [3.63, 3.8) is 0 Å². The Morgan fingerprint density at radius 3 is 2.48 bits per heavy atom. The molecular formula is C21H22N2OS. The number of aliphatic imine (C=N–C) groups is 1. The van der Waals surface area contributed by atoms with Crippen LogP contribution in [0.1, 0.15) is 23.9 Å². The molecule has 3 nitrogen and oxygen atoms in total. The largest absolute Gasteiger partial charge is 0.494 e. The fraction of sp³-hybridized carbons (Fsp3) is 0.190. The first-order valence-corrected chi connectivity index (χ1v) is 8.79. The van der Waals surface area contributed by atoms with E-state index >= 15 is 0 Å². The predicted molar refractivity (Wildman–Crippen MR) is 107 cm³/mol. The molecule has 0 spiro atoms. The summed E-state index contributed by atoms with van der Waals surface area (Å²) in [5.41, 5.74) is 5.41. The van der Waals surface area contributed by atoms with E-state index in [1.165, 1.54) is 5.69 Å². The van der Waals surface area contributed by atoms with Crippen molar-refractivity contribution in [1.29, 1.82) is 0 Å². The Bertz CT molecular complexity index is 895. The van der Waals surface area contributed by atoms with Gasteiger partial charge in [-0.25, -0.2) is 0 Å². The molecule has 0 aliphatic heterocycles. The third-order valence-corrected chi connectivity index (χ3v) is 4.48. The Morgan fingerprint density at radius 1 is 1.08 bits per heavy atom. The van der Waals surface area contributed by atoms with E-state index in [2.05, 4.69) is 54.2 Å². The molecule has 2 aromatic carbocycles. The van der Waals surface area contributed by atoms with Crippen LogP contribution in [0.4, 0.5) is 5.69 Å². The van der Waals surface area contributed by atoms with E-state index in [4.69, 9.17) is 4.74 Å². The minimum Gasteiger partial charge on any atom is -0.494 e. The molecule has 0 bridgehead atoms. The number of rotatable bonds is 5. The van der Waals surface area contributed by atoms with Crippen LogP contribution in [0.5, 0.6) is 5.75 Å². The third-order valence-electron chi connectivity index (χ3n) is 4.10. The summed E-state index contributed by atoms with van der Waals surface area (Å²) in [6, 6.07) is 18.1. The fourth-order valence-electron chi connectivity index (χ4n) is 2.89. The zero-order chi connectivity index (χ0) is 17.8. The molecular weight excluding hydrogens is 328 g/mol. The summed E-state index contributed by atoms with van der Waals surface area (Å²) in [4.78, 5) is 5.46. The van der Waals surface area contributed by atoms with Crippen molar-refractivity contribution in [2.75, 3.05) is 6.61 Å². The van der Waals surface area contributed by atoms with Gasteiger partial charge in [0.1, 0.15) is 5.75 Å². The first kappa shape index (κ1) is 17.4. The molecule has 3 rings (SSSR count). The number of para-hydroxylation sites is 1. The van der Waals surface area contributed by atoms with Crippen LogP contribution in [0.25, 0.3) is 5.69 Å². The normalized spacial score (nSPS) is 11.2. The average Bonchev–Trinajstić information content (AvgIpc) is 2.89. The van der Waals surface area contributed by atoms with Gasteiger partial charge in [-0.05, 0) is 63.2 Å². The van der Waals surface area contributed by atoms with Crippen molar-refractivity contribution >= 4 is 24.5 Å². The van der Waals surface area contributed by atoms with Crippen LogP contribution in [0, 0.1) is 13.8 Å². The molecule has 3 aromatic rings. The molecule has 1 heterocycles. The average molecular weight is 350 g/mol. The number of benzene rings is 2. The highest BCUT2D eigenvalue weighted by Crippen LogP contribution is 2.24. The van der Waals surface area contributed by atoms with Gasteiger partial charge in [-0.2, -0.15) is 0 Å². The SMILES string of the molecule is CCOc1ccc(-n2c(C)cc(C=Nc3ccccc3S)c2C)cc1. The van der Waals surface area contributed by atoms with E-state index in [9.17, 15) is 0 Å². The van der Waals surface area contributed by atoms with Crippen LogP contribution >= 0.6 is 12.6 Å². The zero-order valence-corrected chi connectivity index (χ0v) is 15.6. The molecule has 1 aromatic heterocycles. The lowest BCUT2D eigenvalue weighted by atomic mass is 10.2. The Kier molecular flexibility index (Phi) is 5.29. The molecule has 0 saturated carbocycles. The molecule has 0 N–H and O–H groups in total. The van der Waals surface area contributed by atoms with Crippen molar-refractivity contribution < 1.29 is 4.74 Å². The minimum atomic E-state index is 0.675. The van der Waals surface area contributed by atoms with Crippen LogP contribution < -0.4 is 4.74 Å². The maximum atomic E-state index is 5.52. The second-order valence-corrected chi connectivity index (χ2v) is 6.32. The number of hydrogen-bond acceptors (Lipinski definition) is 3. The number of nitrogens with zero attached hydrogens (tertiary/aromatic N) is 2. The number of thiol groups is 1. The second kappa shape index (κ2) is 7.62. The second-order valence-electron chi connectivity index (χ2n) is 5.84. The summed E-state index contributed by atoms with van der Waals surface area (Å²) >= 11 is 4.45. The summed E-state index contributed by atoms with van der Waals surface area (Å²) in [6.07, 6.45) is 1.91. The molecule has 0 fully saturated rings.